The van der Waals surface area contributed by atoms with Crippen molar-refractivity contribution in [2.45, 2.75) is 43.9 Å². The van der Waals surface area contributed by atoms with E-state index in [1.807, 2.05) is 0 Å². The van der Waals surface area contributed by atoms with Gasteiger partial charge in [-0.2, -0.15) is 0 Å². The van der Waals surface area contributed by atoms with Crippen molar-refractivity contribution in [1.82, 2.24) is 4.90 Å². The van der Waals surface area contributed by atoms with E-state index in [9.17, 15) is 9.18 Å². The van der Waals surface area contributed by atoms with Crippen LogP contribution in [0.15, 0.2) is 24.3 Å². The monoisotopic (exact) mass is 319 g/mol. The second-order valence-corrected chi connectivity index (χ2v) is 6.80. The molecule has 1 aliphatic carbocycles. The van der Waals surface area contributed by atoms with Gasteiger partial charge in [-0.1, -0.05) is 12.1 Å². The van der Waals surface area contributed by atoms with Crippen molar-refractivity contribution in [3.63, 3.8) is 0 Å². The molecule has 2 saturated heterocycles. The molecule has 4 nitrogen and oxygen atoms in total. The first-order valence-corrected chi connectivity index (χ1v) is 8.53. The highest BCUT2D eigenvalue weighted by Gasteiger charge is 2.47. The fourth-order valence-corrected chi connectivity index (χ4v) is 3.62. The van der Waals surface area contributed by atoms with Gasteiger partial charge in [0.1, 0.15) is 18.0 Å². The summed E-state index contributed by atoms with van der Waals surface area (Å²) < 4.78 is 25.9. The molecule has 0 N–H and O–H groups in total. The van der Waals surface area contributed by atoms with Crippen LogP contribution in [0, 0.1) is 11.7 Å². The molecule has 0 unspecified atom stereocenters. The third-order valence-corrected chi connectivity index (χ3v) is 5.09. The van der Waals surface area contributed by atoms with Crippen molar-refractivity contribution in [3.05, 3.63) is 35.6 Å². The highest BCUT2D eigenvalue weighted by Crippen LogP contribution is 2.34. The van der Waals surface area contributed by atoms with Gasteiger partial charge in [-0.3, -0.25) is 4.79 Å². The van der Waals surface area contributed by atoms with E-state index in [0.717, 1.165) is 19.4 Å². The predicted octanol–water partition coefficient (Wildman–Crippen LogP) is 2.62. The molecule has 23 heavy (non-hydrogen) atoms. The maximum Gasteiger partial charge on any atom is 0.257 e. The number of fused-ring (bicyclic) bond motifs is 1. The summed E-state index contributed by atoms with van der Waals surface area (Å²) in [5.74, 6) is -0.0393. The number of halogens is 1. The summed E-state index contributed by atoms with van der Waals surface area (Å²) in [6.07, 6.45) is 4.14. The van der Waals surface area contributed by atoms with Crippen molar-refractivity contribution in [3.8, 4) is 0 Å². The lowest BCUT2D eigenvalue weighted by molar-refractivity contribution is -0.0781. The normalized spacial score (nSPS) is 30.3. The average Bonchev–Trinajstić information content (AvgIpc) is 3.33. The number of rotatable bonds is 4. The molecular formula is C18H22FNO3. The van der Waals surface area contributed by atoms with Gasteiger partial charge in [0.25, 0.3) is 5.91 Å². The zero-order valence-electron chi connectivity index (χ0n) is 13.1. The summed E-state index contributed by atoms with van der Waals surface area (Å²) in [7, 11) is 0. The lowest BCUT2D eigenvalue weighted by atomic mass is 10.0. The summed E-state index contributed by atoms with van der Waals surface area (Å²) >= 11 is 0. The van der Waals surface area contributed by atoms with Crippen LogP contribution in [0.25, 0.3) is 0 Å². The molecule has 1 amide bonds. The van der Waals surface area contributed by atoms with E-state index in [4.69, 9.17) is 9.47 Å². The minimum absolute atomic E-state index is 0.0000548. The second kappa shape index (κ2) is 6.21. The Morgan fingerprint density at radius 1 is 1.30 bits per heavy atom. The van der Waals surface area contributed by atoms with Gasteiger partial charge in [0.05, 0.1) is 18.2 Å². The third-order valence-electron chi connectivity index (χ3n) is 5.09. The number of likely N-dealkylation sites (tertiary alicyclic amines) is 1. The maximum absolute atomic E-state index is 14.0. The third kappa shape index (κ3) is 3.00. The van der Waals surface area contributed by atoms with Crippen LogP contribution in [0.1, 0.15) is 36.0 Å². The molecular weight excluding hydrogens is 297 g/mol. The number of hydrogen-bond acceptors (Lipinski definition) is 3. The van der Waals surface area contributed by atoms with Crippen molar-refractivity contribution < 1.29 is 18.7 Å². The molecule has 3 atom stereocenters. The Labute approximate surface area is 135 Å². The highest BCUT2D eigenvalue weighted by molar-refractivity contribution is 5.95. The SMILES string of the molecule is O=C(c1ccccc1F)N1C[C@H](OCC2CC2)[C@@H]2OCCC[C@@H]21. The van der Waals surface area contributed by atoms with Crippen LogP contribution < -0.4 is 0 Å². The standard InChI is InChI=1S/C18H22FNO3/c19-14-5-2-1-4-13(14)18(21)20-10-16(23-11-12-7-8-12)17-15(20)6-3-9-22-17/h1-2,4-5,12,15-17H,3,6-11H2/t15-,16-,17+/m0/s1. The number of ether oxygens (including phenoxy) is 2. The zero-order chi connectivity index (χ0) is 15.8. The number of benzene rings is 1. The molecule has 2 aliphatic heterocycles. The number of hydrogen-bond donors (Lipinski definition) is 0. The summed E-state index contributed by atoms with van der Waals surface area (Å²) in [4.78, 5) is 14.6. The van der Waals surface area contributed by atoms with Crippen molar-refractivity contribution in [2.24, 2.45) is 5.92 Å². The topological polar surface area (TPSA) is 38.8 Å². The molecule has 1 aromatic carbocycles. The summed E-state index contributed by atoms with van der Waals surface area (Å²) in [5.41, 5.74) is 0.139. The molecule has 0 radical (unpaired) electrons. The average molecular weight is 319 g/mol. The Bertz CT molecular complexity index is 589. The number of carbonyl (C=O) groups is 1. The molecule has 3 fully saturated rings. The van der Waals surface area contributed by atoms with Crippen LogP contribution >= 0.6 is 0 Å². The van der Waals surface area contributed by atoms with Crippen LogP contribution in [-0.4, -0.2) is 48.8 Å². The summed E-state index contributed by atoms with van der Waals surface area (Å²) in [5, 5.41) is 0. The quantitative estimate of drug-likeness (QED) is 0.856. The molecule has 4 rings (SSSR count). The van der Waals surface area contributed by atoms with Gasteiger partial charge < -0.3 is 14.4 Å². The van der Waals surface area contributed by atoms with Crippen LogP contribution in [0.3, 0.4) is 0 Å². The van der Waals surface area contributed by atoms with Crippen molar-refractivity contribution in [2.75, 3.05) is 19.8 Å². The molecule has 0 aromatic heterocycles. The van der Waals surface area contributed by atoms with Crippen LogP contribution in [0.5, 0.6) is 0 Å². The summed E-state index contributed by atoms with van der Waals surface area (Å²) in [6.45, 7) is 1.96. The Balaban J connectivity index is 1.52. The van der Waals surface area contributed by atoms with Crippen LogP contribution in [-0.2, 0) is 9.47 Å². The van der Waals surface area contributed by atoms with Gasteiger partial charge in [-0.05, 0) is 43.7 Å². The van der Waals surface area contributed by atoms with Gasteiger partial charge in [0.2, 0.25) is 0 Å². The summed E-state index contributed by atoms with van der Waals surface area (Å²) in [6, 6.07) is 6.18. The maximum atomic E-state index is 14.0. The Morgan fingerprint density at radius 3 is 2.91 bits per heavy atom. The first kappa shape index (κ1) is 15.1. The largest absolute Gasteiger partial charge is 0.373 e. The van der Waals surface area contributed by atoms with E-state index in [-0.39, 0.29) is 29.7 Å². The number of amides is 1. The molecule has 0 bridgehead atoms. The van der Waals surface area contributed by atoms with Gasteiger partial charge in [0, 0.05) is 13.2 Å². The Hall–Kier alpha value is -1.46. The predicted molar refractivity (Wildman–Crippen MR) is 82.7 cm³/mol. The van der Waals surface area contributed by atoms with Gasteiger partial charge >= 0.3 is 0 Å². The van der Waals surface area contributed by atoms with Crippen molar-refractivity contribution >= 4 is 5.91 Å². The lowest BCUT2D eigenvalue weighted by Crippen LogP contribution is -2.44. The van der Waals surface area contributed by atoms with E-state index in [1.54, 1.807) is 23.1 Å². The highest BCUT2D eigenvalue weighted by atomic mass is 19.1. The zero-order valence-corrected chi connectivity index (χ0v) is 13.1. The fourth-order valence-electron chi connectivity index (χ4n) is 3.62. The second-order valence-electron chi connectivity index (χ2n) is 6.80. The van der Waals surface area contributed by atoms with E-state index in [2.05, 4.69) is 0 Å². The smallest absolute Gasteiger partial charge is 0.257 e. The Morgan fingerprint density at radius 2 is 2.13 bits per heavy atom. The fraction of sp³-hybridized carbons (Fsp3) is 0.611. The van der Waals surface area contributed by atoms with E-state index in [0.29, 0.717) is 19.1 Å². The van der Waals surface area contributed by atoms with Crippen molar-refractivity contribution in [1.29, 1.82) is 0 Å². The molecule has 124 valence electrons. The van der Waals surface area contributed by atoms with Crippen LogP contribution in [0.4, 0.5) is 4.39 Å². The van der Waals surface area contributed by atoms with E-state index in [1.165, 1.54) is 18.9 Å². The number of carbonyl (C=O) groups excluding carboxylic acids is 1. The van der Waals surface area contributed by atoms with Gasteiger partial charge in [0.15, 0.2) is 0 Å². The van der Waals surface area contributed by atoms with Gasteiger partial charge in [-0.25, -0.2) is 4.39 Å². The molecule has 2 heterocycles. The lowest BCUT2D eigenvalue weighted by Gasteiger charge is -2.32. The van der Waals surface area contributed by atoms with Gasteiger partial charge in [-0.15, -0.1) is 0 Å². The van der Waals surface area contributed by atoms with E-state index < -0.39 is 5.82 Å². The molecule has 1 aromatic rings. The minimum Gasteiger partial charge on any atom is -0.373 e. The Kier molecular flexibility index (Phi) is 4.07. The minimum atomic E-state index is -0.465. The molecule has 5 heteroatoms. The molecule has 0 spiro atoms. The molecule has 1 saturated carbocycles. The first-order valence-electron chi connectivity index (χ1n) is 8.53. The van der Waals surface area contributed by atoms with Crippen LogP contribution in [0.2, 0.25) is 0 Å². The van der Waals surface area contributed by atoms with E-state index >= 15 is 0 Å². The number of nitrogens with zero attached hydrogens (tertiary/aromatic N) is 1. The molecule has 3 aliphatic rings. The first-order chi connectivity index (χ1) is 11.2.